The highest BCUT2D eigenvalue weighted by molar-refractivity contribution is 5.46. The van der Waals surface area contributed by atoms with Crippen LogP contribution >= 0.6 is 0 Å². The number of rotatable bonds is 5. The lowest BCUT2D eigenvalue weighted by molar-refractivity contribution is 0.210. The molecular formula is C9H16N4O. The second-order valence-electron chi connectivity index (χ2n) is 2.86. The lowest BCUT2D eigenvalue weighted by Crippen LogP contribution is -2.10. The van der Waals surface area contributed by atoms with Gasteiger partial charge in [0.15, 0.2) is 0 Å². The Balaban J connectivity index is 2.62. The number of nitrogens with one attached hydrogen (secondary N) is 2. The molecule has 1 heterocycles. The molecule has 0 aliphatic heterocycles. The van der Waals surface area contributed by atoms with Crippen molar-refractivity contribution in [3.8, 4) is 0 Å². The first-order chi connectivity index (χ1) is 6.76. The minimum Gasteiger partial charge on any atom is -0.383 e. The van der Waals surface area contributed by atoms with Gasteiger partial charge in [0.05, 0.1) is 6.61 Å². The molecule has 0 aromatic carbocycles. The first-order valence-corrected chi connectivity index (χ1v) is 4.52. The van der Waals surface area contributed by atoms with E-state index in [2.05, 4.69) is 20.6 Å². The van der Waals surface area contributed by atoms with Gasteiger partial charge in [-0.25, -0.2) is 9.97 Å². The van der Waals surface area contributed by atoms with Crippen molar-refractivity contribution in [1.82, 2.24) is 9.97 Å². The van der Waals surface area contributed by atoms with Gasteiger partial charge in [-0.1, -0.05) is 0 Å². The maximum Gasteiger partial charge on any atom is 0.131 e. The Labute approximate surface area is 83.9 Å². The molecule has 0 bridgehead atoms. The summed E-state index contributed by atoms with van der Waals surface area (Å²) in [7, 11) is 3.51. The van der Waals surface area contributed by atoms with Crippen LogP contribution in [0.1, 0.15) is 5.82 Å². The van der Waals surface area contributed by atoms with Gasteiger partial charge in [0.1, 0.15) is 17.5 Å². The summed E-state index contributed by atoms with van der Waals surface area (Å²) in [6.45, 7) is 3.27. The zero-order chi connectivity index (χ0) is 10.4. The maximum atomic E-state index is 4.93. The molecule has 1 aromatic heterocycles. The molecule has 0 saturated heterocycles. The number of ether oxygens (including phenoxy) is 1. The molecule has 1 aromatic rings. The van der Waals surface area contributed by atoms with Gasteiger partial charge in [-0.2, -0.15) is 0 Å². The van der Waals surface area contributed by atoms with E-state index < -0.39 is 0 Å². The molecule has 0 aliphatic rings. The fraction of sp³-hybridized carbons (Fsp3) is 0.556. The van der Waals surface area contributed by atoms with Gasteiger partial charge in [0.2, 0.25) is 0 Å². The minimum atomic E-state index is 0.665. The van der Waals surface area contributed by atoms with Crippen LogP contribution in [-0.2, 0) is 4.74 Å². The van der Waals surface area contributed by atoms with E-state index in [1.54, 1.807) is 7.11 Å². The van der Waals surface area contributed by atoms with Gasteiger partial charge >= 0.3 is 0 Å². The summed E-state index contributed by atoms with van der Waals surface area (Å²) in [6, 6.07) is 1.86. The Morgan fingerprint density at radius 1 is 1.36 bits per heavy atom. The molecule has 14 heavy (non-hydrogen) atoms. The zero-order valence-corrected chi connectivity index (χ0v) is 8.79. The van der Waals surface area contributed by atoms with Gasteiger partial charge in [0, 0.05) is 26.8 Å². The number of aromatic nitrogens is 2. The van der Waals surface area contributed by atoms with Crippen molar-refractivity contribution in [3.05, 3.63) is 11.9 Å². The highest BCUT2D eigenvalue weighted by atomic mass is 16.5. The molecule has 78 valence electrons. The number of nitrogens with zero attached hydrogens (tertiary/aromatic N) is 2. The van der Waals surface area contributed by atoms with Crippen molar-refractivity contribution in [2.24, 2.45) is 0 Å². The zero-order valence-electron chi connectivity index (χ0n) is 8.79. The van der Waals surface area contributed by atoms with Crippen LogP contribution in [0.25, 0.3) is 0 Å². The van der Waals surface area contributed by atoms with Crippen molar-refractivity contribution in [3.63, 3.8) is 0 Å². The summed E-state index contributed by atoms with van der Waals surface area (Å²) < 4.78 is 4.93. The third-order valence-corrected chi connectivity index (χ3v) is 1.71. The average Bonchev–Trinajstić information content (AvgIpc) is 2.17. The molecule has 5 nitrogen and oxygen atoms in total. The molecule has 0 aliphatic carbocycles. The third kappa shape index (κ3) is 3.18. The van der Waals surface area contributed by atoms with Crippen LogP contribution in [0.15, 0.2) is 6.07 Å². The van der Waals surface area contributed by atoms with Crippen LogP contribution in [-0.4, -0.2) is 37.3 Å². The first kappa shape index (κ1) is 10.7. The number of aryl methyl sites for hydroxylation is 1. The van der Waals surface area contributed by atoms with E-state index in [4.69, 9.17) is 4.74 Å². The van der Waals surface area contributed by atoms with Crippen LogP contribution in [0.2, 0.25) is 0 Å². The molecular weight excluding hydrogens is 180 g/mol. The lowest BCUT2D eigenvalue weighted by atomic mass is 10.5. The second kappa shape index (κ2) is 5.39. The van der Waals surface area contributed by atoms with E-state index in [0.29, 0.717) is 6.61 Å². The molecule has 0 saturated carbocycles. The summed E-state index contributed by atoms with van der Waals surface area (Å²) in [4.78, 5) is 8.42. The Morgan fingerprint density at radius 3 is 2.71 bits per heavy atom. The summed E-state index contributed by atoms with van der Waals surface area (Å²) in [5.74, 6) is 2.38. The van der Waals surface area contributed by atoms with Crippen molar-refractivity contribution >= 4 is 11.6 Å². The van der Waals surface area contributed by atoms with Crippen LogP contribution < -0.4 is 10.6 Å². The quantitative estimate of drug-likeness (QED) is 0.685. The fourth-order valence-electron chi connectivity index (χ4n) is 1.07. The monoisotopic (exact) mass is 196 g/mol. The van der Waals surface area contributed by atoms with E-state index in [9.17, 15) is 0 Å². The van der Waals surface area contributed by atoms with E-state index in [-0.39, 0.29) is 0 Å². The molecule has 0 spiro atoms. The number of hydrogen-bond acceptors (Lipinski definition) is 5. The van der Waals surface area contributed by atoms with Gasteiger partial charge < -0.3 is 15.4 Å². The Hall–Kier alpha value is -1.36. The van der Waals surface area contributed by atoms with Crippen molar-refractivity contribution < 1.29 is 4.74 Å². The summed E-state index contributed by atoms with van der Waals surface area (Å²) in [6.07, 6.45) is 0. The van der Waals surface area contributed by atoms with Gasteiger partial charge in [-0.05, 0) is 6.92 Å². The molecule has 0 radical (unpaired) electrons. The van der Waals surface area contributed by atoms with E-state index in [1.165, 1.54) is 0 Å². The number of anilines is 2. The van der Waals surface area contributed by atoms with Gasteiger partial charge in [-0.3, -0.25) is 0 Å². The summed E-state index contributed by atoms with van der Waals surface area (Å²) in [5, 5.41) is 6.12. The van der Waals surface area contributed by atoms with E-state index in [1.807, 2.05) is 20.0 Å². The van der Waals surface area contributed by atoms with E-state index >= 15 is 0 Å². The van der Waals surface area contributed by atoms with Crippen LogP contribution in [0.3, 0.4) is 0 Å². The summed E-state index contributed by atoms with van der Waals surface area (Å²) >= 11 is 0. The molecule has 0 amide bonds. The normalized spacial score (nSPS) is 9.93. The first-order valence-electron chi connectivity index (χ1n) is 4.52. The number of methoxy groups -OCH3 is 1. The molecule has 0 unspecified atom stereocenters. The largest absolute Gasteiger partial charge is 0.383 e. The molecule has 1 rings (SSSR count). The third-order valence-electron chi connectivity index (χ3n) is 1.71. The Kier molecular flexibility index (Phi) is 4.12. The predicted octanol–water partition coefficient (Wildman–Crippen LogP) is 0.885. The van der Waals surface area contributed by atoms with Crippen LogP contribution in [0.4, 0.5) is 11.6 Å². The molecule has 0 fully saturated rings. The van der Waals surface area contributed by atoms with Gasteiger partial charge in [0.25, 0.3) is 0 Å². The highest BCUT2D eigenvalue weighted by Crippen LogP contribution is 2.09. The lowest BCUT2D eigenvalue weighted by Gasteiger charge is -2.07. The topological polar surface area (TPSA) is 59.1 Å². The maximum absolute atomic E-state index is 4.93. The van der Waals surface area contributed by atoms with Crippen molar-refractivity contribution in [1.29, 1.82) is 0 Å². The van der Waals surface area contributed by atoms with E-state index in [0.717, 1.165) is 24.0 Å². The molecule has 2 N–H and O–H groups in total. The van der Waals surface area contributed by atoms with Crippen LogP contribution in [0, 0.1) is 6.92 Å². The van der Waals surface area contributed by atoms with Crippen molar-refractivity contribution in [2.75, 3.05) is 37.9 Å². The Bertz CT molecular complexity index is 290. The van der Waals surface area contributed by atoms with Gasteiger partial charge in [-0.15, -0.1) is 0 Å². The molecule has 0 atom stereocenters. The highest BCUT2D eigenvalue weighted by Gasteiger charge is 1.98. The second-order valence-corrected chi connectivity index (χ2v) is 2.86. The average molecular weight is 196 g/mol. The SMILES string of the molecule is CNc1cc(NCCOC)nc(C)n1. The number of hydrogen-bond donors (Lipinski definition) is 2. The predicted molar refractivity (Wildman–Crippen MR) is 56.7 cm³/mol. The fourth-order valence-corrected chi connectivity index (χ4v) is 1.07. The van der Waals surface area contributed by atoms with Crippen molar-refractivity contribution in [2.45, 2.75) is 6.92 Å². The van der Waals surface area contributed by atoms with Crippen LogP contribution in [0.5, 0.6) is 0 Å². The minimum absolute atomic E-state index is 0.665. The standard InChI is InChI=1S/C9H16N4O/c1-7-12-8(10-2)6-9(13-7)11-4-5-14-3/h6H,4-5H2,1-3H3,(H2,10,11,12,13). The summed E-state index contributed by atoms with van der Waals surface area (Å²) in [5.41, 5.74) is 0. The smallest absolute Gasteiger partial charge is 0.131 e. The Morgan fingerprint density at radius 2 is 2.07 bits per heavy atom. The molecule has 5 heteroatoms.